The first kappa shape index (κ1) is 21.5. The molecule has 2 aromatic rings. The fraction of sp³-hybridized carbons (Fsp3) is 0.421. The van der Waals surface area contributed by atoms with Crippen molar-refractivity contribution in [1.82, 2.24) is 19.6 Å². The highest BCUT2D eigenvalue weighted by Crippen LogP contribution is 2.15. The third kappa shape index (κ3) is 6.12. The number of nitrogens with one attached hydrogen (secondary N) is 1. The van der Waals surface area contributed by atoms with Crippen molar-refractivity contribution in [3.8, 4) is 0 Å². The van der Waals surface area contributed by atoms with E-state index >= 15 is 0 Å². The van der Waals surface area contributed by atoms with Crippen LogP contribution in [0, 0.1) is 0 Å². The van der Waals surface area contributed by atoms with Gasteiger partial charge in [0.15, 0.2) is 0 Å². The van der Waals surface area contributed by atoms with E-state index in [1.165, 1.54) is 4.31 Å². The Morgan fingerprint density at radius 2 is 1.76 bits per heavy atom. The van der Waals surface area contributed by atoms with E-state index in [4.69, 9.17) is 11.6 Å². The molecule has 8 nitrogen and oxygen atoms in total. The summed E-state index contributed by atoms with van der Waals surface area (Å²) in [4.78, 5) is 22.4. The summed E-state index contributed by atoms with van der Waals surface area (Å²) in [6, 6.07) is 8.91. The summed E-state index contributed by atoms with van der Waals surface area (Å²) in [5, 5.41) is 3.30. The Bertz CT molecular complexity index is 918. The summed E-state index contributed by atoms with van der Waals surface area (Å²) in [5.74, 6) is 0.444. The van der Waals surface area contributed by atoms with E-state index in [2.05, 4.69) is 15.3 Å². The first-order valence-corrected chi connectivity index (χ1v) is 11.4. The molecule has 2 heterocycles. The monoisotopic (exact) mass is 437 g/mol. The summed E-state index contributed by atoms with van der Waals surface area (Å²) in [6.07, 6.45) is 3.88. The van der Waals surface area contributed by atoms with Gasteiger partial charge in [0.05, 0.1) is 12.2 Å². The second-order valence-electron chi connectivity index (χ2n) is 6.72. The van der Waals surface area contributed by atoms with Gasteiger partial charge in [-0.05, 0) is 24.1 Å². The quantitative estimate of drug-likeness (QED) is 0.626. The lowest BCUT2D eigenvalue weighted by Crippen LogP contribution is -2.49. The number of anilines is 1. The topological polar surface area (TPSA) is 95.5 Å². The predicted octanol–water partition coefficient (Wildman–Crippen LogP) is 1.33. The van der Waals surface area contributed by atoms with Crippen LogP contribution in [0.15, 0.2) is 42.7 Å². The zero-order valence-corrected chi connectivity index (χ0v) is 17.6. The lowest BCUT2D eigenvalue weighted by Gasteiger charge is -2.33. The van der Waals surface area contributed by atoms with Gasteiger partial charge in [0.2, 0.25) is 21.9 Å². The second-order valence-corrected chi connectivity index (χ2v) is 9.22. The molecule has 10 heteroatoms. The summed E-state index contributed by atoms with van der Waals surface area (Å²) in [7, 11) is -3.36. The Labute approximate surface area is 176 Å². The van der Waals surface area contributed by atoms with Crippen LogP contribution >= 0.6 is 11.6 Å². The van der Waals surface area contributed by atoms with Crippen LogP contribution in [0.25, 0.3) is 0 Å². The number of sulfonamides is 1. The lowest BCUT2D eigenvalue weighted by atomic mass is 10.1. The van der Waals surface area contributed by atoms with Crippen LogP contribution in [0.4, 0.5) is 5.95 Å². The van der Waals surface area contributed by atoms with Gasteiger partial charge < -0.3 is 10.2 Å². The number of piperazine rings is 1. The lowest BCUT2D eigenvalue weighted by molar-refractivity contribution is -0.120. The molecule has 0 unspecified atom stereocenters. The van der Waals surface area contributed by atoms with Gasteiger partial charge in [-0.15, -0.1) is 0 Å². The van der Waals surface area contributed by atoms with Gasteiger partial charge in [-0.25, -0.2) is 18.4 Å². The van der Waals surface area contributed by atoms with Crippen LogP contribution in [0.1, 0.15) is 12.0 Å². The van der Waals surface area contributed by atoms with Crippen LogP contribution in [-0.2, 0) is 21.2 Å². The highest BCUT2D eigenvalue weighted by Gasteiger charge is 2.27. The number of benzene rings is 1. The molecule has 0 bridgehead atoms. The normalized spacial score (nSPS) is 15.3. The van der Waals surface area contributed by atoms with Gasteiger partial charge in [-0.1, -0.05) is 29.8 Å². The number of halogens is 1. The van der Waals surface area contributed by atoms with E-state index in [0.29, 0.717) is 50.1 Å². The van der Waals surface area contributed by atoms with Crippen molar-refractivity contribution >= 4 is 33.5 Å². The molecule has 1 fully saturated rings. The number of carbonyl (C=O) groups excluding carboxylic acids is 1. The molecule has 3 rings (SSSR count). The summed E-state index contributed by atoms with van der Waals surface area (Å²) in [5.41, 5.74) is 0.750. The molecule has 156 valence electrons. The molecule has 1 aliphatic heterocycles. The number of amides is 1. The molecule has 1 N–H and O–H groups in total. The molecule has 1 aliphatic rings. The third-order valence-electron chi connectivity index (χ3n) is 4.68. The van der Waals surface area contributed by atoms with Crippen molar-refractivity contribution in [2.24, 2.45) is 0 Å². The zero-order chi connectivity index (χ0) is 20.7. The van der Waals surface area contributed by atoms with Gasteiger partial charge in [-0.2, -0.15) is 4.31 Å². The third-order valence-corrected chi connectivity index (χ3v) is 7.00. The van der Waals surface area contributed by atoms with Crippen LogP contribution in [0.5, 0.6) is 0 Å². The van der Waals surface area contributed by atoms with Crippen LogP contribution in [0.3, 0.4) is 0 Å². The zero-order valence-electron chi connectivity index (χ0n) is 16.0. The standard InChI is InChI=1S/C19H24ClN5O3S/c20-17-6-2-1-5-16(17)15-18(26)21-9-4-14-29(27,28)25-12-10-24(11-13-25)19-22-7-3-8-23-19/h1-3,5-8H,4,9-15H2,(H,21,26). The minimum Gasteiger partial charge on any atom is -0.356 e. The summed E-state index contributed by atoms with van der Waals surface area (Å²) >= 11 is 6.05. The number of hydrogen-bond donors (Lipinski definition) is 1. The summed E-state index contributed by atoms with van der Waals surface area (Å²) in [6.45, 7) is 2.22. The van der Waals surface area contributed by atoms with Crippen LogP contribution in [0.2, 0.25) is 5.02 Å². The van der Waals surface area contributed by atoms with Crippen molar-refractivity contribution in [3.63, 3.8) is 0 Å². The minimum atomic E-state index is -3.36. The van der Waals surface area contributed by atoms with Gasteiger partial charge in [0.1, 0.15) is 0 Å². The number of carbonyl (C=O) groups is 1. The van der Waals surface area contributed by atoms with Crippen LogP contribution < -0.4 is 10.2 Å². The minimum absolute atomic E-state index is 0.00120. The van der Waals surface area contributed by atoms with Crippen molar-refractivity contribution in [3.05, 3.63) is 53.3 Å². The maximum Gasteiger partial charge on any atom is 0.225 e. The average molecular weight is 438 g/mol. The molecular formula is C19H24ClN5O3S. The van der Waals surface area contributed by atoms with E-state index in [1.807, 2.05) is 11.0 Å². The second kappa shape index (κ2) is 10.00. The number of aromatic nitrogens is 2. The first-order valence-electron chi connectivity index (χ1n) is 9.45. The fourth-order valence-electron chi connectivity index (χ4n) is 3.11. The molecule has 1 aromatic carbocycles. The van der Waals surface area contributed by atoms with E-state index < -0.39 is 10.0 Å². The largest absolute Gasteiger partial charge is 0.356 e. The maximum atomic E-state index is 12.6. The predicted molar refractivity (Wildman–Crippen MR) is 112 cm³/mol. The molecule has 0 aliphatic carbocycles. The maximum absolute atomic E-state index is 12.6. The molecule has 1 saturated heterocycles. The highest BCUT2D eigenvalue weighted by atomic mass is 35.5. The van der Waals surface area contributed by atoms with Crippen molar-refractivity contribution in [2.75, 3.05) is 43.4 Å². The Morgan fingerprint density at radius 1 is 1.07 bits per heavy atom. The van der Waals surface area contributed by atoms with Gasteiger partial charge in [0, 0.05) is 50.1 Å². The van der Waals surface area contributed by atoms with E-state index in [1.54, 1.807) is 36.7 Å². The molecule has 29 heavy (non-hydrogen) atoms. The van der Waals surface area contributed by atoms with Crippen molar-refractivity contribution < 1.29 is 13.2 Å². The Hall–Kier alpha value is -2.23. The number of rotatable bonds is 8. The Kier molecular flexibility index (Phi) is 7.40. The Morgan fingerprint density at radius 3 is 2.45 bits per heavy atom. The molecule has 0 atom stereocenters. The molecule has 0 saturated carbocycles. The average Bonchev–Trinajstić information content (AvgIpc) is 2.74. The van der Waals surface area contributed by atoms with E-state index in [-0.39, 0.29) is 18.1 Å². The number of hydrogen-bond acceptors (Lipinski definition) is 6. The first-order chi connectivity index (χ1) is 14.0. The van der Waals surface area contributed by atoms with Crippen molar-refractivity contribution in [2.45, 2.75) is 12.8 Å². The Balaban J connectivity index is 1.39. The van der Waals surface area contributed by atoms with Crippen LogP contribution in [-0.4, -0.2) is 67.1 Å². The molecular weight excluding hydrogens is 414 g/mol. The molecule has 0 spiro atoms. The van der Waals surface area contributed by atoms with Crippen molar-refractivity contribution in [1.29, 1.82) is 0 Å². The number of nitrogens with zero attached hydrogens (tertiary/aromatic N) is 4. The SMILES string of the molecule is O=C(Cc1ccccc1Cl)NCCCS(=O)(=O)N1CCN(c2ncccn2)CC1. The highest BCUT2D eigenvalue weighted by molar-refractivity contribution is 7.89. The van der Waals surface area contributed by atoms with Gasteiger partial charge >= 0.3 is 0 Å². The van der Waals surface area contributed by atoms with E-state index in [0.717, 1.165) is 5.56 Å². The van der Waals surface area contributed by atoms with Gasteiger partial charge in [-0.3, -0.25) is 4.79 Å². The smallest absolute Gasteiger partial charge is 0.225 e. The van der Waals surface area contributed by atoms with E-state index in [9.17, 15) is 13.2 Å². The van der Waals surface area contributed by atoms with Gasteiger partial charge in [0.25, 0.3) is 0 Å². The summed E-state index contributed by atoms with van der Waals surface area (Å²) < 4.78 is 26.6. The molecule has 1 amide bonds. The molecule has 0 radical (unpaired) electrons. The fourth-order valence-corrected chi connectivity index (χ4v) is 4.80. The molecule has 1 aromatic heterocycles.